The highest BCUT2D eigenvalue weighted by molar-refractivity contribution is 8.23. The third kappa shape index (κ3) is 3.26. The molecule has 4 rings (SSSR count). The molecular weight excluding hydrogens is 341 g/mol. The monoisotopic (exact) mass is 363 g/mol. The quantitative estimate of drug-likeness (QED) is 0.746. The Kier molecular flexibility index (Phi) is 4.43. The fourth-order valence-corrected chi connectivity index (χ4v) is 4.86. The van der Waals surface area contributed by atoms with Crippen LogP contribution in [0.5, 0.6) is 0 Å². The molecule has 0 bridgehead atoms. The molecule has 1 saturated carbocycles. The van der Waals surface area contributed by atoms with Gasteiger partial charge in [0.1, 0.15) is 5.82 Å². The summed E-state index contributed by atoms with van der Waals surface area (Å²) in [5.41, 5.74) is 1.76. The van der Waals surface area contributed by atoms with Gasteiger partial charge >= 0.3 is 0 Å². The molecule has 25 heavy (non-hydrogen) atoms. The topological polar surface area (TPSA) is 59.0 Å². The minimum Gasteiger partial charge on any atom is -0.313 e. The van der Waals surface area contributed by atoms with Gasteiger partial charge in [-0.25, -0.2) is 8.70 Å². The second-order valence-corrected chi connectivity index (χ2v) is 8.32. The average Bonchev–Trinajstić information content (AvgIpc) is 3.41. The van der Waals surface area contributed by atoms with E-state index < -0.39 is 16.8 Å². The molecule has 0 unspecified atom stereocenters. The minimum absolute atomic E-state index is 0.176. The molecule has 1 fully saturated rings. The molecule has 0 saturated heterocycles. The molecule has 7 heteroatoms. The van der Waals surface area contributed by atoms with Crippen LogP contribution in [0, 0.1) is 5.82 Å². The Balaban J connectivity index is 1.70. The van der Waals surface area contributed by atoms with Crippen molar-refractivity contribution in [3.05, 3.63) is 59.9 Å². The van der Waals surface area contributed by atoms with Crippen LogP contribution in [0.25, 0.3) is 0 Å². The van der Waals surface area contributed by atoms with Crippen LogP contribution in [-0.2, 0) is 6.54 Å². The molecule has 0 atom stereocenters. The van der Waals surface area contributed by atoms with Crippen LogP contribution in [0.15, 0.2) is 48.5 Å². The Bertz CT molecular complexity index is 769. The van der Waals surface area contributed by atoms with E-state index in [0.29, 0.717) is 31.4 Å². The van der Waals surface area contributed by atoms with Crippen LogP contribution in [0.3, 0.4) is 0 Å². The molecule has 1 heterocycles. The number of para-hydroxylation sites is 2. The van der Waals surface area contributed by atoms with Gasteiger partial charge in [0.05, 0.1) is 11.4 Å². The molecular formula is C18H22FN3O2S. The third-order valence-corrected chi connectivity index (χ3v) is 6.48. The zero-order chi connectivity index (χ0) is 17.4. The van der Waals surface area contributed by atoms with E-state index in [4.69, 9.17) is 0 Å². The molecule has 1 aliphatic heterocycles. The summed E-state index contributed by atoms with van der Waals surface area (Å²) >= 11 is 0. The minimum atomic E-state index is -3.34. The summed E-state index contributed by atoms with van der Waals surface area (Å²) < 4.78 is 39.4. The number of anilines is 2. The first-order valence-electron chi connectivity index (χ1n) is 8.47. The standard InChI is InChI=1S/C18H22FN3O2S/c19-16-6-2-4-8-18(16)22-17-7-3-1-5-14(17)13-21(25(22,23)24)12-11-20-15-9-10-15/h1-8,15,20,23-24H,9-13H2. The van der Waals surface area contributed by atoms with Crippen molar-refractivity contribution in [3.63, 3.8) is 0 Å². The molecule has 0 spiro atoms. The lowest BCUT2D eigenvalue weighted by Gasteiger charge is -2.53. The van der Waals surface area contributed by atoms with E-state index in [0.717, 1.165) is 5.56 Å². The highest BCUT2D eigenvalue weighted by Gasteiger charge is 2.38. The van der Waals surface area contributed by atoms with E-state index in [1.165, 1.54) is 23.2 Å². The Morgan fingerprint density at radius 2 is 1.72 bits per heavy atom. The molecule has 0 aromatic heterocycles. The Hall–Kier alpha value is -1.64. The summed E-state index contributed by atoms with van der Waals surface area (Å²) in [6.45, 7) is 1.59. The zero-order valence-electron chi connectivity index (χ0n) is 13.8. The van der Waals surface area contributed by atoms with Gasteiger partial charge in [-0.2, -0.15) is 4.31 Å². The second kappa shape index (κ2) is 6.59. The first-order valence-corrected chi connectivity index (χ1v) is 9.93. The maximum atomic E-state index is 14.4. The van der Waals surface area contributed by atoms with Crippen LogP contribution in [0.1, 0.15) is 18.4 Å². The number of rotatable bonds is 5. The summed E-state index contributed by atoms with van der Waals surface area (Å²) in [7, 11) is -3.34. The van der Waals surface area contributed by atoms with Crippen LogP contribution < -0.4 is 9.62 Å². The Morgan fingerprint density at radius 3 is 2.44 bits per heavy atom. The third-order valence-electron chi connectivity index (χ3n) is 4.59. The van der Waals surface area contributed by atoms with E-state index >= 15 is 0 Å². The Labute approximate surface area is 148 Å². The number of benzene rings is 2. The Morgan fingerprint density at radius 1 is 1.04 bits per heavy atom. The maximum Gasteiger partial charge on any atom is 0.148 e. The van der Waals surface area contributed by atoms with E-state index in [2.05, 4.69) is 5.32 Å². The van der Waals surface area contributed by atoms with Gasteiger partial charge in [-0.3, -0.25) is 9.11 Å². The van der Waals surface area contributed by atoms with Crippen molar-refractivity contribution in [3.8, 4) is 0 Å². The van der Waals surface area contributed by atoms with Crippen molar-refractivity contribution in [1.29, 1.82) is 0 Å². The molecule has 2 aromatic carbocycles. The lowest BCUT2D eigenvalue weighted by atomic mass is 10.1. The number of halogens is 1. The highest BCUT2D eigenvalue weighted by Crippen LogP contribution is 2.58. The number of hydrogen-bond acceptors (Lipinski definition) is 5. The molecule has 3 N–H and O–H groups in total. The van der Waals surface area contributed by atoms with Crippen molar-refractivity contribution >= 4 is 22.3 Å². The normalized spacial score (nSPS) is 21.0. The van der Waals surface area contributed by atoms with Crippen molar-refractivity contribution < 1.29 is 13.5 Å². The van der Waals surface area contributed by atoms with Gasteiger partial charge in [0.25, 0.3) is 0 Å². The van der Waals surface area contributed by atoms with Crippen LogP contribution in [-0.4, -0.2) is 32.5 Å². The highest BCUT2D eigenvalue weighted by atomic mass is 32.3. The predicted molar refractivity (Wildman–Crippen MR) is 99.3 cm³/mol. The van der Waals surface area contributed by atoms with Crippen molar-refractivity contribution in [2.24, 2.45) is 0 Å². The zero-order valence-corrected chi connectivity index (χ0v) is 14.6. The van der Waals surface area contributed by atoms with Gasteiger partial charge in [0, 0.05) is 25.7 Å². The molecule has 2 aromatic rings. The number of hydrogen-bond donors (Lipinski definition) is 3. The second-order valence-electron chi connectivity index (χ2n) is 6.46. The van der Waals surface area contributed by atoms with Gasteiger partial charge in [-0.05, 0) is 47.6 Å². The van der Waals surface area contributed by atoms with Crippen LogP contribution >= 0.6 is 11.0 Å². The lowest BCUT2D eigenvalue weighted by molar-refractivity contribution is 0.333. The summed E-state index contributed by atoms with van der Waals surface area (Å²) in [6.07, 6.45) is 2.36. The van der Waals surface area contributed by atoms with Crippen molar-refractivity contribution in [2.75, 3.05) is 17.4 Å². The van der Waals surface area contributed by atoms with Gasteiger partial charge in [-0.15, -0.1) is 0 Å². The average molecular weight is 363 g/mol. The molecule has 0 amide bonds. The largest absolute Gasteiger partial charge is 0.313 e. The number of fused-ring (bicyclic) bond motifs is 1. The maximum absolute atomic E-state index is 14.4. The lowest BCUT2D eigenvalue weighted by Crippen LogP contribution is -2.44. The molecule has 2 aliphatic rings. The van der Waals surface area contributed by atoms with Gasteiger partial charge < -0.3 is 5.32 Å². The van der Waals surface area contributed by atoms with E-state index in [1.807, 2.05) is 18.2 Å². The predicted octanol–water partition coefficient (Wildman–Crippen LogP) is 4.11. The van der Waals surface area contributed by atoms with Crippen molar-refractivity contribution in [2.45, 2.75) is 25.4 Å². The van der Waals surface area contributed by atoms with Gasteiger partial charge in [0.2, 0.25) is 0 Å². The SMILES string of the molecule is OS1(O)N(CCNC2CC2)Cc2ccccc2N1c1ccccc1F. The summed E-state index contributed by atoms with van der Waals surface area (Å²) in [4.78, 5) is 0. The molecule has 134 valence electrons. The number of nitrogens with zero attached hydrogens (tertiary/aromatic N) is 2. The summed E-state index contributed by atoms with van der Waals surface area (Å²) in [5, 5.41) is 3.39. The van der Waals surface area contributed by atoms with E-state index in [1.54, 1.807) is 28.6 Å². The fourth-order valence-electron chi connectivity index (χ4n) is 3.13. The smallest absolute Gasteiger partial charge is 0.148 e. The van der Waals surface area contributed by atoms with E-state index in [9.17, 15) is 13.5 Å². The summed E-state index contributed by atoms with van der Waals surface area (Å²) in [6, 6.07) is 14.2. The van der Waals surface area contributed by atoms with Crippen LogP contribution in [0.4, 0.5) is 15.8 Å². The first-order chi connectivity index (χ1) is 12.1. The van der Waals surface area contributed by atoms with Crippen molar-refractivity contribution in [1.82, 2.24) is 9.62 Å². The molecule has 5 nitrogen and oxygen atoms in total. The fraction of sp³-hybridized carbons (Fsp3) is 0.333. The number of nitrogens with one attached hydrogen (secondary N) is 1. The van der Waals surface area contributed by atoms with Gasteiger partial charge in [-0.1, -0.05) is 30.3 Å². The van der Waals surface area contributed by atoms with Gasteiger partial charge in [0.15, 0.2) is 0 Å². The van der Waals surface area contributed by atoms with E-state index in [-0.39, 0.29) is 5.69 Å². The first kappa shape index (κ1) is 16.8. The molecule has 1 aliphatic carbocycles. The summed E-state index contributed by atoms with van der Waals surface area (Å²) in [5.74, 6) is -0.477. The molecule has 0 radical (unpaired) electrons. The van der Waals surface area contributed by atoms with Crippen LogP contribution in [0.2, 0.25) is 0 Å².